The van der Waals surface area contributed by atoms with Gasteiger partial charge >= 0.3 is 5.97 Å². The molecule has 0 amide bonds. The zero-order valence-corrected chi connectivity index (χ0v) is 7.70. The number of hydrogen-bond donors (Lipinski definition) is 2. The van der Waals surface area contributed by atoms with Crippen LogP contribution in [0, 0.1) is 5.82 Å². The highest BCUT2D eigenvalue weighted by Crippen LogP contribution is 2.18. The molecule has 76 valence electrons. The fourth-order valence-corrected chi connectivity index (χ4v) is 1.39. The summed E-state index contributed by atoms with van der Waals surface area (Å²) in [6.45, 7) is 0. The number of carboxylic acid groups (broad SMARTS) is 1. The normalized spacial score (nSPS) is 11.3. The van der Waals surface area contributed by atoms with Gasteiger partial charge in [-0.15, -0.1) is 0 Å². The second-order valence-corrected chi connectivity index (χ2v) is 3.10. The molecule has 1 aromatic heterocycles. The molecular weight excluding hydrogens is 197 g/mol. The molecule has 0 fully saturated rings. The topological polar surface area (TPSA) is 53.1 Å². The van der Waals surface area contributed by atoms with Crippen LogP contribution in [0.15, 0.2) is 30.3 Å². The highest BCUT2D eigenvalue weighted by Gasteiger charge is 2.02. The second kappa shape index (κ2) is 3.57. The summed E-state index contributed by atoms with van der Waals surface area (Å²) in [7, 11) is 0. The van der Waals surface area contributed by atoms with Crippen molar-refractivity contribution in [3.05, 3.63) is 41.9 Å². The average molecular weight is 205 g/mol. The Morgan fingerprint density at radius 1 is 1.47 bits per heavy atom. The summed E-state index contributed by atoms with van der Waals surface area (Å²) in [5.74, 6) is -1.38. The Kier molecular flexibility index (Phi) is 2.25. The third-order valence-corrected chi connectivity index (χ3v) is 2.03. The molecule has 2 rings (SSSR count). The molecular formula is C11H8FNO2. The van der Waals surface area contributed by atoms with Gasteiger partial charge in [-0.05, 0) is 18.2 Å². The fraction of sp³-hybridized carbons (Fsp3) is 0. The minimum Gasteiger partial charge on any atom is -0.478 e. The average Bonchev–Trinajstić information content (AvgIpc) is 2.59. The predicted octanol–water partition coefficient (Wildman–Crippen LogP) is 2.40. The summed E-state index contributed by atoms with van der Waals surface area (Å²) in [6.07, 6.45) is 2.39. The summed E-state index contributed by atoms with van der Waals surface area (Å²) >= 11 is 0. The van der Waals surface area contributed by atoms with Gasteiger partial charge in [0.1, 0.15) is 5.82 Å². The molecule has 0 unspecified atom stereocenters. The van der Waals surface area contributed by atoms with Gasteiger partial charge in [-0.2, -0.15) is 0 Å². The van der Waals surface area contributed by atoms with Crippen LogP contribution in [0.25, 0.3) is 17.0 Å². The maximum Gasteiger partial charge on any atom is 0.328 e. The number of nitrogens with one attached hydrogen (secondary N) is 1. The number of carbonyl (C=O) groups is 1. The smallest absolute Gasteiger partial charge is 0.328 e. The van der Waals surface area contributed by atoms with Gasteiger partial charge in [0.05, 0.1) is 5.52 Å². The van der Waals surface area contributed by atoms with Crippen LogP contribution in [-0.4, -0.2) is 16.1 Å². The number of H-pyrrole nitrogens is 1. The largest absolute Gasteiger partial charge is 0.478 e. The zero-order chi connectivity index (χ0) is 10.8. The van der Waals surface area contributed by atoms with E-state index in [0.717, 1.165) is 11.5 Å². The van der Waals surface area contributed by atoms with Crippen molar-refractivity contribution in [2.24, 2.45) is 0 Å². The van der Waals surface area contributed by atoms with Gasteiger partial charge in [-0.1, -0.05) is 12.1 Å². The molecule has 0 saturated carbocycles. The lowest BCUT2D eigenvalue weighted by Gasteiger charge is -1.89. The van der Waals surface area contributed by atoms with Crippen LogP contribution >= 0.6 is 0 Å². The molecule has 1 heterocycles. The first kappa shape index (κ1) is 9.45. The molecule has 4 heteroatoms. The van der Waals surface area contributed by atoms with Gasteiger partial charge in [0.2, 0.25) is 0 Å². The maximum atomic E-state index is 13.2. The first-order valence-electron chi connectivity index (χ1n) is 4.35. The van der Waals surface area contributed by atoms with E-state index in [-0.39, 0.29) is 5.82 Å². The van der Waals surface area contributed by atoms with Crippen molar-refractivity contribution in [1.82, 2.24) is 4.98 Å². The van der Waals surface area contributed by atoms with Crippen LogP contribution in [-0.2, 0) is 4.79 Å². The molecule has 0 aliphatic rings. The van der Waals surface area contributed by atoms with Crippen molar-refractivity contribution in [3.8, 4) is 0 Å². The molecule has 0 spiro atoms. The third kappa shape index (κ3) is 1.88. The number of aromatic amines is 1. The Morgan fingerprint density at radius 3 is 2.93 bits per heavy atom. The number of para-hydroxylation sites is 1. The Balaban J connectivity index is 2.48. The third-order valence-electron chi connectivity index (χ3n) is 2.03. The number of aromatic nitrogens is 1. The van der Waals surface area contributed by atoms with Crippen molar-refractivity contribution in [2.45, 2.75) is 0 Å². The lowest BCUT2D eigenvalue weighted by molar-refractivity contribution is -0.131. The first-order chi connectivity index (χ1) is 7.16. The quantitative estimate of drug-likeness (QED) is 0.739. The highest BCUT2D eigenvalue weighted by molar-refractivity contribution is 5.88. The van der Waals surface area contributed by atoms with E-state index in [4.69, 9.17) is 5.11 Å². The van der Waals surface area contributed by atoms with Crippen LogP contribution in [0.5, 0.6) is 0 Å². The number of fused-ring (bicyclic) bond motifs is 1. The van der Waals surface area contributed by atoms with E-state index in [2.05, 4.69) is 4.98 Å². The number of hydrogen-bond acceptors (Lipinski definition) is 1. The minimum atomic E-state index is -1.03. The van der Waals surface area contributed by atoms with Crippen molar-refractivity contribution >= 4 is 22.9 Å². The van der Waals surface area contributed by atoms with Gasteiger partial charge in [0, 0.05) is 17.2 Å². The number of carboxylic acids is 1. The van der Waals surface area contributed by atoms with E-state index >= 15 is 0 Å². The summed E-state index contributed by atoms with van der Waals surface area (Å²) < 4.78 is 13.2. The Hall–Kier alpha value is -2.10. The SMILES string of the molecule is O=C(O)/C=C/c1cc2cccc(F)c2[nH]1. The van der Waals surface area contributed by atoms with E-state index in [0.29, 0.717) is 11.2 Å². The van der Waals surface area contributed by atoms with Crippen molar-refractivity contribution < 1.29 is 14.3 Å². The van der Waals surface area contributed by atoms with E-state index in [1.165, 1.54) is 12.1 Å². The fourth-order valence-electron chi connectivity index (χ4n) is 1.39. The molecule has 0 bridgehead atoms. The molecule has 0 saturated heterocycles. The molecule has 0 radical (unpaired) electrons. The minimum absolute atomic E-state index is 0.345. The molecule has 2 aromatic rings. The standard InChI is InChI=1S/C11H8FNO2/c12-9-3-1-2-7-6-8(13-11(7)9)4-5-10(14)15/h1-6,13H,(H,14,15)/b5-4+. The van der Waals surface area contributed by atoms with E-state index < -0.39 is 5.97 Å². The predicted molar refractivity (Wildman–Crippen MR) is 54.9 cm³/mol. The van der Waals surface area contributed by atoms with Gasteiger partial charge in [0.25, 0.3) is 0 Å². The zero-order valence-electron chi connectivity index (χ0n) is 7.70. The molecule has 3 nitrogen and oxygen atoms in total. The van der Waals surface area contributed by atoms with Gasteiger partial charge in [-0.25, -0.2) is 9.18 Å². The Bertz CT molecular complexity index is 543. The molecule has 0 aliphatic carbocycles. The maximum absolute atomic E-state index is 13.2. The van der Waals surface area contributed by atoms with Crippen LogP contribution in [0.1, 0.15) is 5.69 Å². The van der Waals surface area contributed by atoms with Crippen LogP contribution in [0.2, 0.25) is 0 Å². The van der Waals surface area contributed by atoms with Gasteiger partial charge in [0.15, 0.2) is 0 Å². The number of benzene rings is 1. The summed E-state index contributed by atoms with van der Waals surface area (Å²) in [4.78, 5) is 13.1. The lowest BCUT2D eigenvalue weighted by Crippen LogP contribution is -1.85. The van der Waals surface area contributed by atoms with Crippen molar-refractivity contribution in [3.63, 3.8) is 0 Å². The van der Waals surface area contributed by atoms with Crippen molar-refractivity contribution in [1.29, 1.82) is 0 Å². The second-order valence-electron chi connectivity index (χ2n) is 3.10. The molecule has 15 heavy (non-hydrogen) atoms. The number of rotatable bonds is 2. The Labute approximate surface area is 84.8 Å². The van der Waals surface area contributed by atoms with E-state index in [1.807, 2.05) is 0 Å². The van der Waals surface area contributed by atoms with E-state index in [9.17, 15) is 9.18 Å². The summed E-state index contributed by atoms with van der Waals surface area (Å²) in [6, 6.07) is 6.41. The highest BCUT2D eigenvalue weighted by atomic mass is 19.1. The van der Waals surface area contributed by atoms with Crippen LogP contribution < -0.4 is 0 Å². The lowest BCUT2D eigenvalue weighted by atomic mass is 10.2. The molecule has 1 aromatic carbocycles. The monoisotopic (exact) mass is 205 g/mol. The number of aliphatic carboxylic acids is 1. The molecule has 0 aliphatic heterocycles. The van der Waals surface area contributed by atoms with Crippen molar-refractivity contribution in [2.75, 3.05) is 0 Å². The first-order valence-corrected chi connectivity index (χ1v) is 4.35. The molecule has 2 N–H and O–H groups in total. The van der Waals surface area contributed by atoms with Crippen LogP contribution in [0.3, 0.4) is 0 Å². The van der Waals surface area contributed by atoms with Gasteiger partial charge < -0.3 is 10.1 Å². The number of halogens is 1. The summed E-state index contributed by atoms with van der Waals surface area (Å²) in [5.41, 5.74) is 0.958. The van der Waals surface area contributed by atoms with Crippen LogP contribution in [0.4, 0.5) is 4.39 Å². The van der Waals surface area contributed by atoms with Gasteiger partial charge in [-0.3, -0.25) is 0 Å². The van der Waals surface area contributed by atoms with E-state index in [1.54, 1.807) is 18.2 Å². The molecule has 0 atom stereocenters. The summed E-state index contributed by atoms with van der Waals surface area (Å²) in [5, 5.41) is 9.15. The Morgan fingerprint density at radius 2 is 2.27 bits per heavy atom.